The molecule has 0 aliphatic carbocycles. The molecule has 1 aliphatic rings. The number of carboxylic acids is 2. The maximum Gasteiger partial charge on any atom is 0.328 e. The van der Waals surface area contributed by atoms with Crippen molar-refractivity contribution in [1.82, 2.24) is 42.1 Å². The fraction of sp³-hybridized carbons (Fsp3) is 0.653. The van der Waals surface area contributed by atoms with Crippen LogP contribution in [0.1, 0.15) is 111 Å². The summed E-state index contributed by atoms with van der Waals surface area (Å²) in [5.41, 5.74) is 17.3. The number of carbonyl (C=O) groups is 11. The summed E-state index contributed by atoms with van der Waals surface area (Å²) >= 11 is 0. The number of aliphatic carboxylic acids is 2. The smallest absolute Gasteiger partial charge is 0.328 e. The molecule has 1 aromatic rings. The molecule has 0 bridgehead atoms. The third-order valence-corrected chi connectivity index (χ3v) is 12.6. The van der Waals surface area contributed by atoms with Crippen LogP contribution < -0.4 is 54.4 Å². The molecule has 0 spiro atoms. The van der Waals surface area contributed by atoms with Crippen molar-refractivity contribution in [2.24, 2.45) is 29.0 Å². The Balaban J connectivity index is 2.49. The molecule has 26 nitrogen and oxygen atoms in total. The van der Waals surface area contributed by atoms with Gasteiger partial charge in [-0.2, -0.15) is 0 Å². The van der Waals surface area contributed by atoms with Gasteiger partial charge in [-0.1, -0.05) is 64.4 Å². The lowest BCUT2D eigenvalue weighted by molar-refractivity contribution is -0.146. The van der Waals surface area contributed by atoms with Crippen LogP contribution in [0.5, 0.6) is 0 Å². The third-order valence-electron chi connectivity index (χ3n) is 12.6. The number of aliphatic hydroxyl groups excluding tert-OH is 2. The van der Waals surface area contributed by atoms with Crippen molar-refractivity contribution in [3.63, 3.8) is 0 Å². The molecule has 0 aromatic heterocycles. The predicted octanol–water partition coefficient (Wildman–Crippen LogP) is -3.25. The van der Waals surface area contributed by atoms with Crippen molar-refractivity contribution in [1.29, 1.82) is 0 Å². The highest BCUT2D eigenvalue weighted by Gasteiger charge is 2.41. The first-order valence-electron chi connectivity index (χ1n) is 25.3. The van der Waals surface area contributed by atoms with Crippen LogP contribution in [0, 0.1) is 11.8 Å². The van der Waals surface area contributed by atoms with Crippen LogP contribution in [0.25, 0.3) is 0 Å². The standard InChI is InChI=1S/C49H79N11O15/c1-6-27(4)39(48(73)60-22-12-16-36(60)46(71)57-35(25-61)49(74)75)58-43(68)31(15-10-11-21-50)53-45(70)34(24-29-13-8-7-9-14-29)55-42(67)32(18-20-38(64)65)54-44(69)33(23-26(2)3)56-47(72)40(28(5)62)59-41(66)30(51)17-19-37(52)63/h7-9,13-14,26-28,30-36,39-40,61-62H,6,10-12,15-25,50-51H2,1-5H3,(H2,52,63)(H,53,70)(H,54,69)(H,55,67)(H,56,72)(H,57,71)(H,58,68)(H,59,66)(H,64,65)(H,74,75)/t27-,28+,30-,31-,32-,33-,34-,35-,36-,39-,40-/m0/s1. The average molecular weight is 1060 g/mol. The van der Waals surface area contributed by atoms with Gasteiger partial charge in [0.15, 0.2) is 0 Å². The highest BCUT2D eigenvalue weighted by molar-refractivity contribution is 5.98. The summed E-state index contributed by atoms with van der Waals surface area (Å²) in [6, 6.07) is -4.34. The van der Waals surface area contributed by atoms with Gasteiger partial charge >= 0.3 is 11.9 Å². The largest absolute Gasteiger partial charge is 0.481 e. The molecule has 11 atom stereocenters. The number of carboxylic acid groups (broad SMARTS) is 2. The second-order valence-corrected chi connectivity index (χ2v) is 19.3. The number of primary amides is 1. The number of likely N-dealkylation sites (tertiary alicyclic amines) is 1. The van der Waals surface area contributed by atoms with Crippen LogP contribution in [0.15, 0.2) is 30.3 Å². The van der Waals surface area contributed by atoms with Crippen LogP contribution in [0.2, 0.25) is 0 Å². The maximum absolute atomic E-state index is 14.5. The minimum Gasteiger partial charge on any atom is -0.481 e. The third kappa shape index (κ3) is 21.9. The van der Waals surface area contributed by atoms with E-state index < -0.39 is 151 Å². The lowest BCUT2D eigenvalue weighted by atomic mass is 9.96. The quantitative estimate of drug-likeness (QED) is 0.0302. The fourth-order valence-corrected chi connectivity index (χ4v) is 8.11. The molecule has 0 saturated carbocycles. The average Bonchev–Trinajstić information content (AvgIpc) is 3.86. The van der Waals surface area contributed by atoms with Gasteiger partial charge < -0.3 is 79.7 Å². The highest BCUT2D eigenvalue weighted by atomic mass is 16.4. The predicted molar refractivity (Wildman–Crippen MR) is 270 cm³/mol. The van der Waals surface area contributed by atoms with E-state index in [1.54, 1.807) is 58.0 Å². The van der Waals surface area contributed by atoms with E-state index in [0.717, 1.165) is 0 Å². The minimum atomic E-state index is -1.64. The Morgan fingerprint density at radius 3 is 1.79 bits per heavy atom. The van der Waals surface area contributed by atoms with Gasteiger partial charge in [-0.15, -0.1) is 0 Å². The van der Waals surface area contributed by atoms with E-state index in [0.29, 0.717) is 31.2 Å². The van der Waals surface area contributed by atoms with E-state index in [4.69, 9.17) is 17.2 Å². The molecule has 17 N–H and O–H groups in total. The van der Waals surface area contributed by atoms with Gasteiger partial charge in [0.25, 0.3) is 0 Å². The molecular weight excluding hydrogens is 983 g/mol. The Bertz CT molecular complexity index is 2110. The molecule has 9 amide bonds. The van der Waals surface area contributed by atoms with E-state index in [1.807, 2.05) is 0 Å². The van der Waals surface area contributed by atoms with Gasteiger partial charge in [0.05, 0.1) is 18.8 Å². The minimum absolute atomic E-state index is 0.0105. The second kappa shape index (κ2) is 32.5. The Kier molecular flexibility index (Phi) is 27.9. The number of nitrogens with one attached hydrogen (secondary N) is 7. The molecule has 0 unspecified atom stereocenters. The molecule has 2 rings (SSSR count). The van der Waals surface area contributed by atoms with Gasteiger partial charge in [-0.25, -0.2) is 4.79 Å². The summed E-state index contributed by atoms with van der Waals surface area (Å²) in [7, 11) is 0. The second-order valence-electron chi connectivity index (χ2n) is 19.3. The number of rotatable bonds is 34. The summed E-state index contributed by atoms with van der Waals surface area (Å²) in [6.45, 7) is 7.56. The summed E-state index contributed by atoms with van der Waals surface area (Å²) < 4.78 is 0. The molecule has 0 radical (unpaired) electrons. The normalized spacial score (nSPS) is 17.3. The number of benzene rings is 1. The first-order chi connectivity index (χ1) is 35.3. The van der Waals surface area contributed by atoms with Crippen molar-refractivity contribution in [2.45, 2.75) is 172 Å². The molecule has 1 fully saturated rings. The van der Waals surface area contributed by atoms with E-state index in [1.165, 1.54) is 11.8 Å². The molecule has 75 heavy (non-hydrogen) atoms. The Morgan fingerprint density at radius 1 is 0.680 bits per heavy atom. The number of nitrogens with zero attached hydrogens (tertiary/aromatic N) is 1. The highest BCUT2D eigenvalue weighted by Crippen LogP contribution is 2.22. The fourth-order valence-electron chi connectivity index (χ4n) is 8.11. The van der Waals surface area contributed by atoms with Gasteiger partial charge in [-0.3, -0.25) is 47.9 Å². The van der Waals surface area contributed by atoms with Crippen molar-refractivity contribution in [3.8, 4) is 0 Å². The van der Waals surface area contributed by atoms with E-state index in [-0.39, 0.29) is 57.5 Å². The number of hydrogen-bond acceptors (Lipinski definition) is 15. The van der Waals surface area contributed by atoms with Crippen molar-refractivity contribution >= 4 is 65.1 Å². The summed E-state index contributed by atoms with van der Waals surface area (Å²) in [4.78, 5) is 147. The number of amides is 9. The van der Waals surface area contributed by atoms with E-state index >= 15 is 0 Å². The Morgan fingerprint density at radius 2 is 1.24 bits per heavy atom. The van der Waals surface area contributed by atoms with Crippen molar-refractivity contribution in [2.75, 3.05) is 19.7 Å². The molecule has 1 saturated heterocycles. The van der Waals surface area contributed by atoms with Gasteiger partial charge in [0, 0.05) is 25.8 Å². The zero-order valence-corrected chi connectivity index (χ0v) is 43.4. The molecule has 1 heterocycles. The summed E-state index contributed by atoms with van der Waals surface area (Å²) in [5, 5.41) is 56.6. The number of carbonyl (C=O) groups excluding carboxylic acids is 9. The zero-order chi connectivity index (χ0) is 56.5. The topological polar surface area (TPSA) is 434 Å². The van der Waals surface area contributed by atoms with Crippen LogP contribution in [0.4, 0.5) is 0 Å². The first-order valence-corrected chi connectivity index (χ1v) is 25.3. The van der Waals surface area contributed by atoms with Gasteiger partial charge in [-0.05, 0) is 82.2 Å². The zero-order valence-electron chi connectivity index (χ0n) is 43.4. The van der Waals surface area contributed by atoms with Gasteiger partial charge in [0.1, 0.15) is 48.3 Å². The SMILES string of the molecule is CC[C@H](C)[C@H](NC(=O)[C@H](CCCCN)NC(=O)[C@H](Cc1ccccc1)NC(=O)[C@H](CCC(=O)O)NC(=O)[C@H](CC(C)C)NC(=O)[C@@H](NC(=O)[C@@H](N)CCC(N)=O)[C@@H](C)O)C(=O)N1CCC[C@H]1C(=O)N[C@@H](CO)C(=O)O. The Labute approximate surface area is 436 Å². The van der Waals surface area contributed by atoms with Crippen LogP contribution in [-0.4, -0.2) is 171 Å². The number of hydrogen-bond donors (Lipinski definition) is 14. The molecule has 1 aromatic carbocycles. The summed E-state index contributed by atoms with van der Waals surface area (Å²) in [5.74, 6) is -11.3. The van der Waals surface area contributed by atoms with Crippen molar-refractivity contribution in [3.05, 3.63) is 35.9 Å². The molecule has 1 aliphatic heterocycles. The first kappa shape index (κ1) is 64.3. The maximum atomic E-state index is 14.5. The van der Waals surface area contributed by atoms with Crippen LogP contribution in [0.3, 0.4) is 0 Å². The Hall–Kier alpha value is -6.77. The number of nitrogens with two attached hydrogens (primary N) is 3. The van der Waals surface area contributed by atoms with Crippen molar-refractivity contribution < 1.29 is 73.2 Å². The van der Waals surface area contributed by atoms with E-state index in [2.05, 4.69) is 37.2 Å². The molecular formula is C49H79N11O15. The monoisotopic (exact) mass is 1060 g/mol. The van der Waals surface area contributed by atoms with Crippen LogP contribution >= 0.6 is 0 Å². The lowest BCUT2D eigenvalue weighted by Gasteiger charge is -2.33. The molecule has 420 valence electrons. The summed E-state index contributed by atoms with van der Waals surface area (Å²) in [6.07, 6.45) is -1.58. The molecule has 26 heteroatoms. The number of aliphatic hydroxyl groups is 2. The van der Waals surface area contributed by atoms with E-state index in [9.17, 15) is 73.2 Å². The van der Waals surface area contributed by atoms with Crippen LogP contribution in [-0.2, 0) is 59.2 Å². The van der Waals surface area contributed by atoms with Gasteiger partial charge in [0.2, 0.25) is 53.2 Å². The number of unbranched alkanes of at least 4 members (excludes halogenated alkanes) is 1. The lowest BCUT2D eigenvalue weighted by Crippen LogP contribution is -2.61.